The maximum Gasteiger partial charge on any atom is 0.326 e. The Hall–Kier alpha value is -6.91. The number of nitrogens with one attached hydrogen (secondary N) is 6. The summed E-state index contributed by atoms with van der Waals surface area (Å²) >= 11 is 0. The van der Waals surface area contributed by atoms with Crippen LogP contribution in [-0.2, 0) is 59.2 Å². The van der Waals surface area contributed by atoms with Gasteiger partial charge in [0.25, 0.3) is 5.91 Å². The zero-order valence-corrected chi connectivity index (χ0v) is 40.9. The third-order valence-electron chi connectivity index (χ3n) is 13.0. The van der Waals surface area contributed by atoms with E-state index in [0.29, 0.717) is 29.0 Å². The molecule has 4 aromatic carbocycles. The van der Waals surface area contributed by atoms with Gasteiger partial charge >= 0.3 is 5.97 Å². The number of benzene rings is 4. The van der Waals surface area contributed by atoms with Gasteiger partial charge in [0, 0.05) is 25.7 Å². The Morgan fingerprint density at radius 1 is 0.507 bits per heavy atom. The monoisotopic (exact) mass is 974 g/mol. The van der Waals surface area contributed by atoms with Crippen LogP contribution in [0.5, 0.6) is 0 Å². The number of hydrogen-bond acceptors (Lipinski definition) is 9. The second kappa shape index (κ2) is 28.1. The maximum atomic E-state index is 14.3. The molecule has 5 rings (SSSR count). The van der Waals surface area contributed by atoms with Crippen LogP contribution in [0, 0.1) is 11.8 Å². The first-order valence-corrected chi connectivity index (χ1v) is 24.8. The maximum absolute atomic E-state index is 14.3. The molecule has 0 spiro atoms. The van der Waals surface area contributed by atoms with Crippen LogP contribution in [0.1, 0.15) is 88.0 Å². The van der Waals surface area contributed by atoms with Crippen LogP contribution in [0.15, 0.2) is 121 Å². The molecule has 1 aliphatic rings. The molecule has 71 heavy (non-hydrogen) atoms. The van der Waals surface area contributed by atoms with E-state index in [1.807, 2.05) is 36.4 Å². The number of carboxylic acids is 1. The Kier molecular flexibility index (Phi) is 21.8. The van der Waals surface area contributed by atoms with E-state index in [1.54, 1.807) is 106 Å². The number of aliphatic hydroxyl groups is 1. The number of carbonyl (C=O) groups excluding carboxylic acids is 6. The average Bonchev–Trinajstić information content (AvgIpc) is 3.37. The van der Waals surface area contributed by atoms with Gasteiger partial charge in [-0.3, -0.25) is 28.8 Å². The van der Waals surface area contributed by atoms with Gasteiger partial charge in [-0.1, -0.05) is 174 Å². The van der Waals surface area contributed by atoms with Crippen LogP contribution in [0.4, 0.5) is 0 Å². The Labute approximate surface area is 416 Å². The summed E-state index contributed by atoms with van der Waals surface area (Å²) in [5.41, 5.74) is 9.25. The molecule has 0 bridgehead atoms. The van der Waals surface area contributed by atoms with E-state index in [4.69, 9.17) is 5.73 Å². The average molecular weight is 974 g/mol. The second-order valence-corrected chi connectivity index (χ2v) is 18.9. The quantitative estimate of drug-likeness (QED) is 0.0441. The lowest BCUT2D eigenvalue weighted by atomic mass is 9.85. The standard InChI is InChI=1S/C55H71N7O9/c1-4-42(48(63)54(69)62-47(35(2)3)53(68)60-45(33-39-26-16-8-17-27-39)52(67)61-46(55(70)71)34-40-28-18-9-19-29-40)57-50(65)44(32-38-24-14-7-15-25-38)59-51(66)43(31-37-22-12-6-13-23-37)58-49(64)41(56)30-36-20-10-5-11-21-36/h6-9,12-19,22-29,35-36,41-48,63H,4-5,10-11,20-21,30-34,56H2,1-3H3,(H,57,65)(H,58,64)(H,59,66)(H,60,68)(H,61,67)(H,62,69)(H,70,71)/t41-,42?,43-,44-,45-,46-,47-,48?/m0/s1. The molecule has 1 fully saturated rings. The van der Waals surface area contributed by atoms with Crippen LogP contribution in [0.25, 0.3) is 0 Å². The van der Waals surface area contributed by atoms with Crippen molar-refractivity contribution in [2.45, 2.75) is 140 Å². The first-order chi connectivity index (χ1) is 34.1. The molecule has 6 amide bonds. The Morgan fingerprint density at radius 2 is 0.873 bits per heavy atom. The molecular formula is C55H71N7O9. The van der Waals surface area contributed by atoms with Gasteiger partial charge in [0.1, 0.15) is 30.2 Å². The van der Waals surface area contributed by atoms with Gasteiger partial charge in [0.2, 0.25) is 29.5 Å². The van der Waals surface area contributed by atoms with Gasteiger partial charge in [-0.2, -0.15) is 0 Å². The fourth-order valence-electron chi connectivity index (χ4n) is 8.84. The first-order valence-electron chi connectivity index (χ1n) is 24.8. The summed E-state index contributed by atoms with van der Waals surface area (Å²) in [5, 5.41) is 37.9. The largest absolute Gasteiger partial charge is 0.480 e. The third-order valence-corrected chi connectivity index (χ3v) is 13.0. The Balaban J connectivity index is 1.29. The molecule has 1 aliphatic carbocycles. The van der Waals surface area contributed by atoms with Gasteiger partial charge in [0.15, 0.2) is 6.10 Å². The Bertz CT molecular complexity index is 2330. The highest BCUT2D eigenvalue weighted by Crippen LogP contribution is 2.27. The fourth-order valence-corrected chi connectivity index (χ4v) is 8.84. The zero-order chi connectivity index (χ0) is 51.3. The van der Waals surface area contributed by atoms with Crippen molar-refractivity contribution in [2.75, 3.05) is 0 Å². The molecule has 2 unspecified atom stereocenters. The van der Waals surface area contributed by atoms with Gasteiger partial charge in [-0.15, -0.1) is 0 Å². The summed E-state index contributed by atoms with van der Waals surface area (Å²) in [5.74, 6) is -5.81. The molecule has 1 saturated carbocycles. The fraction of sp³-hybridized carbons (Fsp3) is 0.436. The summed E-state index contributed by atoms with van der Waals surface area (Å²) in [7, 11) is 0. The molecule has 10 N–H and O–H groups in total. The minimum Gasteiger partial charge on any atom is -0.480 e. The topological polar surface area (TPSA) is 258 Å². The van der Waals surface area contributed by atoms with E-state index in [2.05, 4.69) is 31.9 Å². The minimum atomic E-state index is -1.88. The van der Waals surface area contributed by atoms with Crippen LogP contribution in [0.2, 0.25) is 0 Å². The predicted molar refractivity (Wildman–Crippen MR) is 270 cm³/mol. The number of carbonyl (C=O) groups is 7. The molecule has 4 aromatic rings. The summed E-state index contributed by atoms with van der Waals surface area (Å²) in [4.78, 5) is 96.2. The summed E-state index contributed by atoms with van der Waals surface area (Å²) in [6, 6.07) is 27.5. The number of aliphatic carboxylic acids is 1. The molecular weight excluding hydrogens is 903 g/mol. The highest BCUT2D eigenvalue weighted by atomic mass is 16.4. The first kappa shape index (κ1) is 55.0. The van der Waals surface area contributed by atoms with Crippen LogP contribution in [0.3, 0.4) is 0 Å². The van der Waals surface area contributed by atoms with E-state index in [0.717, 1.165) is 37.7 Å². The lowest BCUT2D eigenvalue weighted by Crippen LogP contribution is -2.61. The van der Waals surface area contributed by atoms with E-state index in [9.17, 15) is 43.8 Å². The lowest BCUT2D eigenvalue weighted by Gasteiger charge is -2.30. The van der Waals surface area contributed by atoms with Crippen LogP contribution in [-0.4, -0.2) is 100 Å². The molecule has 0 radical (unpaired) electrons. The van der Waals surface area contributed by atoms with Crippen molar-refractivity contribution in [1.29, 1.82) is 0 Å². The molecule has 16 nitrogen and oxygen atoms in total. The van der Waals surface area contributed by atoms with E-state index < -0.39 is 95.7 Å². The number of amides is 6. The van der Waals surface area contributed by atoms with Crippen molar-refractivity contribution in [1.82, 2.24) is 31.9 Å². The van der Waals surface area contributed by atoms with Crippen molar-refractivity contribution < 1.29 is 43.8 Å². The summed E-state index contributed by atoms with van der Waals surface area (Å²) in [6.45, 7) is 4.98. The van der Waals surface area contributed by atoms with Crippen molar-refractivity contribution in [3.8, 4) is 0 Å². The lowest BCUT2D eigenvalue weighted by molar-refractivity contribution is -0.142. The van der Waals surface area contributed by atoms with Crippen LogP contribution < -0.4 is 37.6 Å². The van der Waals surface area contributed by atoms with E-state index >= 15 is 0 Å². The number of nitrogens with two attached hydrogens (primary N) is 1. The predicted octanol–water partition coefficient (Wildman–Crippen LogP) is 3.68. The molecule has 8 atom stereocenters. The van der Waals surface area contributed by atoms with Crippen LogP contribution >= 0.6 is 0 Å². The van der Waals surface area contributed by atoms with Crippen molar-refractivity contribution >= 4 is 41.4 Å². The number of hydrogen-bond donors (Lipinski definition) is 9. The Morgan fingerprint density at radius 3 is 1.27 bits per heavy atom. The molecule has 16 heteroatoms. The summed E-state index contributed by atoms with van der Waals surface area (Å²) in [6.07, 6.45) is 4.14. The van der Waals surface area contributed by atoms with Gasteiger partial charge in [0.05, 0.1) is 12.1 Å². The molecule has 380 valence electrons. The second-order valence-electron chi connectivity index (χ2n) is 18.9. The molecule has 0 aliphatic heterocycles. The smallest absolute Gasteiger partial charge is 0.326 e. The van der Waals surface area contributed by atoms with E-state index in [-0.39, 0.29) is 32.1 Å². The van der Waals surface area contributed by atoms with Crippen molar-refractivity contribution in [2.24, 2.45) is 17.6 Å². The SMILES string of the molecule is CCC(NC(=O)[C@H](Cc1ccccc1)NC(=O)[C@H](Cc1ccccc1)NC(=O)[C@@H](N)CC1CCCCC1)C(O)C(=O)N[C@H](C(=O)N[C@@H](Cc1ccccc1)C(=O)N[C@@H](Cc1ccccc1)C(=O)O)C(C)C. The van der Waals surface area contributed by atoms with Crippen molar-refractivity contribution in [3.05, 3.63) is 144 Å². The normalized spacial score (nSPS) is 16.1. The number of rotatable bonds is 26. The number of carboxylic acid groups (broad SMARTS) is 1. The van der Waals surface area contributed by atoms with Crippen molar-refractivity contribution in [3.63, 3.8) is 0 Å². The highest BCUT2D eigenvalue weighted by Gasteiger charge is 2.36. The third kappa shape index (κ3) is 17.8. The molecule has 0 saturated heterocycles. The molecule has 0 aromatic heterocycles. The number of aliphatic hydroxyl groups excluding tert-OH is 1. The van der Waals surface area contributed by atoms with Gasteiger partial charge < -0.3 is 47.8 Å². The van der Waals surface area contributed by atoms with Gasteiger partial charge in [-0.25, -0.2) is 4.79 Å². The highest BCUT2D eigenvalue weighted by molar-refractivity contribution is 5.96. The summed E-state index contributed by atoms with van der Waals surface area (Å²) < 4.78 is 0. The van der Waals surface area contributed by atoms with E-state index in [1.165, 1.54) is 0 Å². The zero-order valence-electron chi connectivity index (χ0n) is 40.9. The molecule has 0 heterocycles. The van der Waals surface area contributed by atoms with Gasteiger partial charge in [-0.05, 0) is 46.9 Å². The minimum absolute atomic E-state index is 0.00453.